The molecule has 0 N–H and O–H groups in total. The van der Waals surface area contributed by atoms with Crippen molar-refractivity contribution in [3.05, 3.63) is 35.4 Å². The van der Waals surface area contributed by atoms with E-state index in [4.69, 9.17) is 13.9 Å². The molecule has 0 radical (unpaired) electrons. The molecule has 0 unspecified atom stereocenters. The SMILES string of the molecule is CO[C](=[W])[C@@H]1CC(C)=C(N2CCOCC2)C[C@H]1c1ccco1. The van der Waals surface area contributed by atoms with Crippen molar-refractivity contribution in [3.63, 3.8) is 0 Å². The Balaban J connectivity index is 1.88. The molecule has 1 aliphatic heterocycles. The van der Waals surface area contributed by atoms with Gasteiger partial charge in [0.25, 0.3) is 0 Å². The summed E-state index contributed by atoms with van der Waals surface area (Å²) in [4.78, 5) is 2.50. The molecule has 1 fully saturated rings. The Bertz CT molecular complexity index is 546. The number of hydrogen-bond donors (Lipinski definition) is 0. The third-order valence-electron chi connectivity index (χ3n) is 4.72. The fourth-order valence-electron chi connectivity index (χ4n) is 3.55. The number of furan rings is 1. The minimum absolute atomic E-state index is 0.379. The van der Waals surface area contributed by atoms with Gasteiger partial charge in [-0.3, -0.25) is 0 Å². The van der Waals surface area contributed by atoms with Gasteiger partial charge >= 0.3 is 143 Å². The summed E-state index contributed by atoms with van der Waals surface area (Å²) in [7, 11) is 1.79. The van der Waals surface area contributed by atoms with Crippen LogP contribution in [0.2, 0.25) is 0 Å². The number of hydrogen-bond acceptors (Lipinski definition) is 4. The number of ether oxygens (including phenoxy) is 2. The van der Waals surface area contributed by atoms with Gasteiger partial charge in [-0.2, -0.15) is 0 Å². The van der Waals surface area contributed by atoms with Crippen molar-refractivity contribution in [2.75, 3.05) is 33.4 Å². The van der Waals surface area contributed by atoms with Crippen LogP contribution < -0.4 is 0 Å². The third kappa shape index (κ3) is 3.29. The van der Waals surface area contributed by atoms with Crippen LogP contribution in [0.3, 0.4) is 0 Å². The van der Waals surface area contributed by atoms with Crippen molar-refractivity contribution in [1.29, 1.82) is 0 Å². The van der Waals surface area contributed by atoms with Crippen molar-refractivity contribution >= 4 is 4.08 Å². The number of allylic oxidation sites excluding steroid dienone is 2. The van der Waals surface area contributed by atoms with Crippen molar-refractivity contribution < 1.29 is 33.2 Å². The Morgan fingerprint density at radius 1 is 1.32 bits per heavy atom. The zero-order chi connectivity index (χ0) is 15.5. The maximum absolute atomic E-state index is 5.74. The van der Waals surface area contributed by atoms with Crippen LogP contribution in [0.1, 0.15) is 31.4 Å². The van der Waals surface area contributed by atoms with Gasteiger partial charge in [0.2, 0.25) is 0 Å². The average molecular weight is 473 g/mol. The van der Waals surface area contributed by atoms with E-state index >= 15 is 0 Å². The zero-order valence-corrected chi connectivity index (χ0v) is 16.1. The standard InChI is InChI=1S/C17H23NO3.W/c1-13-10-14(12-19-2)15(17-4-3-7-21-17)11-16(13)18-5-8-20-9-6-18;/h3-4,7,14-15H,5-6,8-11H2,1-2H3;/t14-,15+;/m0./s1. The fraction of sp³-hybridized carbons (Fsp3) is 0.588. The van der Waals surface area contributed by atoms with Crippen molar-refractivity contribution in [1.82, 2.24) is 4.90 Å². The minimum atomic E-state index is 0.379. The van der Waals surface area contributed by atoms with E-state index in [2.05, 4.69) is 17.9 Å². The predicted octanol–water partition coefficient (Wildman–Crippen LogP) is 2.70. The molecule has 2 heterocycles. The molecule has 0 saturated carbocycles. The topological polar surface area (TPSA) is 34.8 Å². The van der Waals surface area contributed by atoms with Crippen LogP contribution in [0, 0.1) is 5.92 Å². The first-order valence-electron chi connectivity index (χ1n) is 7.83. The van der Waals surface area contributed by atoms with Gasteiger partial charge in [-0.05, 0) is 0 Å². The quantitative estimate of drug-likeness (QED) is 0.674. The van der Waals surface area contributed by atoms with Gasteiger partial charge in [0, 0.05) is 0 Å². The maximum atomic E-state index is 5.74. The number of nitrogens with zero attached hydrogens (tertiary/aromatic N) is 1. The number of morpholine rings is 1. The van der Waals surface area contributed by atoms with E-state index in [1.165, 1.54) is 34.7 Å². The van der Waals surface area contributed by atoms with E-state index in [9.17, 15) is 0 Å². The summed E-state index contributed by atoms with van der Waals surface area (Å²) in [6, 6.07) is 4.09. The summed E-state index contributed by atoms with van der Waals surface area (Å²) in [6.07, 6.45) is 3.87. The third-order valence-corrected chi connectivity index (χ3v) is 6.41. The van der Waals surface area contributed by atoms with Crippen LogP contribution in [0.15, 0.2) is 34.1 Å². The van der Waals surface area contributed by atoms with Crippen LogP contribution in [-0.2, 0) is 28.8 Å². The Kier molecular flexibility index (Phi) is 5.33. The van der Waals surface area contributed by atoms with Gasteiger partial charge < -0.3 is 0 Å². The average Bonchev–Trinajstić information content (AvgIpc) is 3.09. The molecule has 5 heteroatoms. The summed E-state index contributed by atoms with van der Waals surface area (Å²) < 4.78 is 18.0. The van der Waals surface area contributed by atoms with Gasteiger partial charge in [0.15, 0.2) is 0 Å². The molecular formula is C17H23NO3W. The van der Waals surface area contributed by atoms with Crippen molar-refractivity contribution in [3.8, 4) is 0 Å². The van der Waals surface area contributed by atoms with Crippen molar-refractivity contribution in [2.24, 2.45) is 5.92 Å². The molecule has 0 aromatic carbocycles. The predicted molar refractivity (Wildman–Crippen MR) is 81.3 cm³/mol. The van der Waals surface area contributed by atoms with E-state index in [0.717, 1.165) is 44.9 Å². The molecule has 0 spiro atoms. The van der Waals surface area contributed by atoms with E-state index in [0.29, 0.717) is 11.8 Å². The molecule has 3 rings (SSSR count). The fourth-order valence-corrected chi connectivity index (χ4v) is 4.44. The molecule has 1 aromatic heterocycles. The Labute approximate surface area is 142 Å². The van der Waals surface area contributed by atoms with Gasteiger partial charge in [-0.25, -0.2) is 0 Å². The molecule has 2 aliphatic rings. The molecule has 1 saturated heterocycles. The molecule has 4 nitrogen and oxygen atoms in total. The molecule has 0 amide bonds. The van der Waals surface area contributed by atoms with E-state index in [-0.39, 0.29) is 0 Å². The van der Waals surface area contributed by atoms with Gasteiger partial charge in [0.1, 0.15) is 0 Å². The van der Waals surface area contributed by atoms with E-state index in [1.807, 2.05) is 6.07 Å². The second kappa shape index (κ2) is 7.25. The first-order valence-corrected chi connectivity index (χ1v) is 9.30. The first-order chi connectivity index (χ1) is 10.7. The van der Waals surface area contributed by atoms with Crippen LogP contribution in [0.4, 0.5) is 0 Å². The summed E-state index contributed by atoms with van der Waals surface area (Å²) in [5.41, 5.74) is 2.98. The van der Waals surface area contributed by atoms with Gasteiger partial charge in [-0.15, -0.1) is 0 Å². The summed E-state index contributed by atoms with van der Waals surface area (Å²) in [6.45, 7) is 5.94. The van der Waals surface area contributed by atoms with Crippen LogP contribution in [0.25, 0.3) is 0 Å². The summed E-state index contributed by atoms with van der Waals surface area (Å²) in [5.74, 6) is 1.89. The zero-order valence-electron chi connectivity index (χ0n) is 13.2. The van der Waals surface area contributed by atoms with E-state index < -0.39 is 0 Å². The monoisotopic (exact) mass is 473 g/mol. The van der Waals surface area contributed by atoms with Crippen LogP contribution in [0.5, 0.6) is 0 Å². The molecule has 1 aromatic rings. The molecule has 0 bridgehead atoms. The Morgan fingerprint density at radius 3 is 2.73 bits per heavy atom. The normalized spacial score (nSPS) is 26.4. The number of methoxy groups -OCH3 is 1. The molecule has 2 atom stereocenters. The molecule has 120 valence electrons. The van der Waals surface area contributed by atoms with Crippen LogP contribution >= 0.6 is 0 Å². The molecular weight excluding hydrogens is 450 g/mol. The molecule has 1 aliphatic carbocycles. The second-order valence-corrected chi connectivity index (χ2v) is 7.43. The summed E-state index contributed by atoms with van der Waals surface area (Å²) in [5, 5.41) is 0. The second-order valence-electron chi connectivity index (χ2n) is 5.99. The van der Waals surface area contributed by atoms with Gasteiger partial charge in [-0.1, -0.05) is 0 Å². The van der Waals surface area contributed by atoms with Crippen LogP contribution in [-0.4, -0.2) is 42.4 Å². The van der Waals surface area contributed by atoms with Gasteiger partial charge in [0.05, 0.1) is 0 Å². The number of rotatable bonds is 4. The Morgan fingerprint density at radius 2 is 2.09 bits per heavy atom. The summed E-state index contributed by atoms with van der Waals surface area (Å²) >= 11 is 1.42. The Hall–Kier alpha value is -0.702. The first kappa shape index (κ1) is 16.2. The molecule has 22 heavy (non-hydrogen) atoms. The van der Waals surface area contributed by atoms with Crippen molar-refractivity contribution in [2.45, 2.75) is 25.7 Å². The van der Waals surface area contributed by atoms with E-state index in [1.54, 1.807) is 13.4 Å².